The molecule has 1 heterocycles. The molecule has 1 saturated carbocycles. The third-order valence-corrected chi connectivity index (χ3v) is 8.55. The van der Waals surface area contributed by atoms with Gasteiger partial charge in [-0.05, 0) is 104 Å². The Hall–Kier alpha value is -3.36. The normalized spacial score (nSPS) is 17.2. The van der Waals surface area contributed by atoms with Gasteiger partial charge in [-0.2, -0.15) is 0 Å². The maximum Gasteiger partial charge on any atom is 0.255 e. The summed E-state index contributed by atoms with van der Waals surface area (Å²) in [6.45, 7) is 2.24. The van der Waals surface area contributed by atoms with Crippen LogP contribution >= 0.6 is 0 Å². The van der Waals surface area contributed by atoms with Gasteiger partial charge >= 0.3 is 0 Å². The molecular formula is C31H37N3O4S. The fourth-order valence-electron chi connectivity index (χ4n) is 5.97. The molecule has 0 aromatic heterocycles. The molecule has 39 heavy (non-hydrogen) atoms. The maximum atomic E-state index is 13.1. The number of hydrogen-bond donors (Lipinski definition) is 2. The van der Waals surface area contributed by atoms with Crippen LogP contribution in [0.4, 0.5) is 11.4 Å². The molecule has 8 heteroatoms. The number of nitrogens with zero attached hydrogens (tertiary/aromatic N) is 1. The second-order valence-corrected chi connectivity index (χ2v) is 12.4. The van der Waals surface area contributed by atoms with E-state index in [2.05, 4.69) is 21.0 Å². The second kappa shape index (κ2) is 11.8. The van der Waals surface area contributed by atoms with Crippen LogP contribution in [-0.4, -0.2) is 51.7 Å². The number of carbonyl (C=O) groups excluding carboxylic acids is 1. The number of rotatable bonds is 8. The number of sulfonamides is 1. The first-order valence-corrected chi connectivity index (χ1v) is 15.6. The van der Waals surface area contributed by atoms with Crippen molar-refractivity contribution in [2.24, 2.45) is 0 Å². The standard InChI is InChI=1S/C31H37N3O4S/c1-38-30-15-14-26(21-29(30)23-16-18-34(19-17-23)28-8-3-4-9-28)32-31(35)24-12-10-22(11-13-24)25-6-5-7-27(20-25)33-39(2,36)37/h5-7,10-15,20-21,23,28,33H,3-4,8-9,16-19H2,1-2H3,(H,32,35). The molecule has 0 unspecified atom stereocenters. The lowest BCUT2D eigenvalue weighted by Gasteiger charge is -2.36. The summed E-state index contributed by atoms with van der Waals surface area (Å²) >= 11 is 0. The molecule has 0 atom stereocenters. The van der Waals surface area contributed by atoms with Crippen LogP contribution in [0.3, 0.4) is 0 Å². The van der Waals surface area contributed by atoms with Gasteiger partial charge in [-0.3, -0.25) is 9.52 Å². The van der Waals surface area contributed by atoms with Crippen LogP contribution in [0.5, 0.6) is 5.75 Å². The van der Waals surface area contributed by atoms with Crippen molar-refractivity contribution >= 4 is 27.3 Å². The number of piperidine rings is 1. The average Bonchev–Trinajstić information content (AvgIpc) is 3.48. The Balaban J connectivity index is 1.25. The number of ether oxygens (including phenoxy) is 1. The van der Waals surface area contributed by atoms with E-state index < -0.39 is 10.0 Å². The third-order valence-electron chi connectivity index (χ3n) is 7.94. The minimum absolute atomic E-state index is 0.179. The van der Waals surface area contributed by atoms with E-state index in [4.69, 9.17) is 4.74 Å². The van der Waals surface area contributed by atoms with E-state index >= 15 is 0 Å². The van der Waals surface area contributed by atoms with E-state index in [-0.39, 0.29) is 5.91 Å². The van der Waals surface area contributed by atoms with E-state index in [1.165, 1.54) is 31.2 Å². The summed E-state index contributed by atoms with van der Waals surface area (Å²) in [7, 11) is -1.65. The first kappa shape index (κ1) is 27.2. The van der Waals surface area contributed by atoms with Crippen molar-refractivity contribution < 1.29 is 17.9 Å². The van der Waals surface area contributed by atoms with Crippen molar-refractivity contribution in [1.82, 2.24) is 4.90 Å². The summed E-state index contributed by atoms with van der Waals surface area (Å²) in [5.74, 6) is 1.12. The van der Waals surface area contributed by atoms with Crippen LogP contribution in [0.1, 0.15) is 60.4 Å². The quantitative estimate of drug-likeness (QED) is 0.355. The molecule has 0 radical (unpaired) electrons. The summed E-state index contributed by atoms with van der Waals surface area (Å²) in [5.41, 5.74) is 4.72. The van der Waals surface area contributed by atoms with Crippen LogP contribution in [-0.2, 0) is 10.0 Å². The van der Waals surface area contributed by atoms with Gasteiger partial charge in [0.2, 0.25) is 10.0 Å². The number of hydrogen-bond acceptors (Lipinski definition) is 5. The highest BCUT2D eigenvalue weighted by atomic mass is 32.2. The summed E-state index contributed by atoms with van der Waals surface area (Å²) in [6.07, 6.45) is 8.72. The Morgan fingerprint density at radius 3 is 2.26 bits per heavy atom. The molecule has 2 N–H and O–H groups in total. The van der Waals surface area contributed by atoms with Gasteiger partial charge in [0.05, 0.1) is 13.4 Å². The minimum atomic E-state index is -3.36. The van der Waals surface area contributed by atoms with Crippen LogP contribution < -0.4 is 14.8 Å². The fraction of sp³-hybridized carbons (Fsp3) is 0.387. The van der Waals surface area contributed by atoms with Gasteiger partial charge in [0.25, 0.3) is 5.91 Å². The number of amides is 1. The van der Waals surface area contributed by atoms with Crippen molar-refractivity contribution in [2.45, 2.75) is 50.5 Å². The van der Waals surface area contributed by atoms with Gasteiger partial charge in [-0.1, -0.05) is 37.1 Å². The summed E-state index contributed by atoms with van der Waals surface area (Å²) in [5, 5.41) is 3.06. The highest BCUT2D eigenvalue weighted by Crippen LogP contribution is 2.38. The summed E-state index contributed by atoms with van der Waals surface area (Å²) in [6, 6.07) is 21.1. The zero-order valence-electron chi connectivity index (χ0n) is 22.7. The fourth-order valence-corrected chi connectivity index (χ4v) is 6.52. The summed E-state index contributed by atoms with van der Waals surface area (Å²) in [4.78, 5) is 15.7. The number of benzene rings is 3. The number of likely N-dealkylation sites (tertiary alicyclic amines) is 1. The topological polar surface area (TPSA) is 87.7 Å². The predicted molar refractivity (Wildman–Crippen MR) is 157 cm³/mol. The van der Waals surface area contributed by atoms with Crippen LogP contribution in [0.25, 0.3) is 11.1 Å². The van der Waals surface area contributed by atoms with E-state index in [9.17, 15) is 13.2 Å². The van der Waals surface area contributed by atoms with Gasteiger partial charge in [0.1, 0.15) is 5.75 Å². The molecule has 1 aliphatic heterocycles. The molecule has 0 bridgehead atoms. The molecule has 1 amide bonds. The number of nitrogens with one attached hydrogen (secondary N) is 2. The molecule has 2 fully saturated rings. The minimum Gasteiger partial charge on any atom is -0.496 e. The van der Waals surface area contributed by atoms with Crippen molar-refractivity contribution in [3.8, 4) is 16.9 Å². The molecule has 3 aromatic carbocycles. The SMILES string of the molecule is COc1ccc(NC(=O)c2ccc(-c3cccc(NS(C)(=O)=O)c3)cc2)cc1C1CCN(C2CCCC2)CC1. The van der Waals surface area contributed by atoms with E-state index in [1.807, 2.05) is 30.3 Å². The van der Waals surface area contributed by atoms with Gasteiger partial charge in [0, 0.05) is 23.0 Å². The Kier molecular flexibility index (Phi) is 8.23. The molecule has 1 saturated heterocycles. The van der Waals surface area contributed by atoms with Gasteiger partial charge in [-0.25, -0.2) is 8.42 Å². The molecule has 206 valence electrons. The van der Waals surface area contributed by atoms with Crippen molar-refractivity contribution in [2.75, 3.05) is 36.5 Å². The van der Waals surface area contributed by atoms with Crippen LogP contribution in [0, 0.1) is 0 Å². The van der Waals surface area contributed by atoms with Crippen molar-refractivity contribution in [3.63, 3.8) is 0 Å². The monoisotopic (exact) mass is 547 g/mol. The highest BCUT2D eigenvalue weighted by Gasteiger charge is 2.29. The van der Waals surface area contributed by atoms with Gasteiger partial charge < -0.3 is 15.0 Å². The lowest BCUT2D eigenvalue weighted by atomic mass is 9.87. The van der Waals surface area contributed by atoms with Gasteiger partial charge in [0.15, 0.2) is 0 Å². The van der Waals surface area contributed by atoms with E-state index in [0.29, 0.717) is 17.2 Å². The average molecular weight is 548 g/mol. The Labute approximate surface area is 231 Å². The number of carbonyl (C=O) groups is 1. The van der Waals surface area contributed by atoms with Crippen molar-refractivity contribution in [3.05, 3.63) is 77.9 Å². The first-order chi connectivity index (χ1) is 18.8. The van der Waals surface area contributed by atoms with Crippen LogP contribution in [0.15, 0.2) is 66.7 Å². The lowest BCUT2D eigenvalue weighted by Crippen LogP contribution is -2.39. The molecule has 1 aliphatic carbocycles. The zero-order chi connectivity index (χ0) is 27.4. The highest BCUT2D eigenvalue weighted by molar-refractivity contribution is 7.92. The Morgan fingerprint density at radius 2 is 1.59 bits per heavy atom. The molecule has 0 spiro atoms. The largest absolute Gasteiger partial charge is 0.496 e. The van der Waals surface area contributed by atoms with E-state index in [0.717, 1.165) is 60.8 Å². The maximum absolute atomic E-state index is 13.1. The molecule has 3 aromatic rings. The Bertz CT molecular complexity index is 1410. The Morgan fingerprint density at radius 1 is 0.872 bits per heavy atom. The van der Waals surface area contributed by atoms with Crippen LogP contribution in [0.2, 0.25) is 0 Å². The van der Waals surface area contributed by atoms with Crippen molar-refractivity contribution in [1.29, 1.82) is 0 Å². The summed E-state index contributed by atoms with van der Waals surface area (Å²) < 4.78 is 31.3. The molecular weight excluding hydrogens is 510 g/mol. The number of methoxy groups -OCH3 is 1. The zero-order valence-corrected chi connectivity index (χ0v) is 23.5. The molecule has 2 aliphatic rings. The third kappa shape index (κ3) is 6.81. The second-order valence-electron chi connectivity index (χ2n) is 10.7. The first-order valence-electron chi connectivity index (χ1n) is 13.7. The lowest BCUT2D eigenvalue weighted by molar-refractivity contribution is 0.102. The number of anilines is 2. The van der Waals surface area contributed by atoms with Gasteiger partial charge in [-0.15, -0.1) is 0 Å². The predicted octanol–water partition coefficient (Wildman–Crippen LogP) is 6.11. The molecule has 5 rings (SSSR count). The molecule has 7 nitrogen and oxygen atoms in total. The van der Waals surface area contributed by atoms with E-state index in [1.54, 1.807) is 37.4 Å². The smallest absolute Gasteiger partial charge is 0.255 e.